The summed E-state index contributed by atoms with van der Waals surface area (Å²) < 4.78 is 7.53. The zero-order valence-corrected chi connectivity index (χ0v) is 23.0. The molecule has 0 fully saturated rings. The molecule has 9 heteroatoms. The summed E-state index contributed by atoms with van der Waals surface area (Å²) in [5.74, 6) is 0. The van der Waals surface area contributed by atoms with Gasteiger partial charge in [0.2, 0.25) is 0 Å². The standard InChI is InChI=1S/C23H19N3S6/c1-10-6-15-16(7-11(10)2)27-19(26(15)5)21-31-22-23(32-21)30-20(29-22)18-13(4)12(3)17(28-18)14(8-24)9-25/h6-8,24H,1-5H3/b17-14-,20-18?,21-19?,24-8?. The fourth-order valence-corrected chi connectivity index (χ4v) is 13.0. The fraction of sp³-hybridized carbons (Fsp3) is 0.217. The van der Waals surface area contributed by atoms with Crippen LogP contribution in [0.1, 0.15) is 22.3 Å². The van der Waals surface area contributed by atoms with Crippen LogP contribution in [-0.2, 0) is 0 Å². The maximum atomic E-state index is 9.38. The summed E-state index contributed by atoms with van der Waals surface area (Å²) in [6.07, 6.45) is 1.17. The molecule has 0 bridgehead atoms. The van der Waals surface area contributed by atoms with Gasteiger partial charge in [0.1, 0.15) is 11.1 Å². The molecule has 162 valence electrons. The summed E-state index contributed by atoms with van der Waals surface area (Å²) >= 11 is 11.0. The minimum absolute atomic E-state index is 0.443. The number of benzene rings is 1. The summed E-state index contributed by atoms with van der Waals surface area (Å²) in [5.41, 5.74) is 6.75. The predicted molar refractivity (Wildman–Crippen MR) is 149 cm³/mol. The molecule has 1 N–H and O–H groups in total. The van der Waals surface area contributed by atoms with Crippen molar-refractivity contribution in [2.75, 3.05) is 11.9 Å². The molecule has 1 aromatic carbocycles. The van der Waals surface area contributed by atoms with Gasteiger partial charge in [-0.1, -0.05) is 58.8 Å². The molecule has 0 amide bonds. The van der Waals surface area contributed by atoms with Crippen molar-refractivity contribution in [2.24, 2.45) is 0 Å². The Hall–Kier alpha value is -1.15. The van der Waals surface area contributed by atoms with Crippen LogP contribution in [0.2, 0.25) is 0 Å². The van der Waals surface area contributed by atoms with Gasteiger partial charge in [0.15, 0.2) is 0 Å². The lowest BCUT2D eigenvalue weighted by Gasteiger charge is -2.16. The highest BCUT2D eigenvalue weighted by molar-refractivity contribution is 8.52. The molecule has 0 spiro atoms. The van der Waals surface area contributed by atoms with Crippen LogP contribution >= 0.6 is 70.1 Å². The van der Waals surface area contributed by atoms with E-state index < -0.39 is 0 Å². The number of thioether (sulfide) groups is 5. The highest BCUT2D eigenvalue weighted by Gasteiger charge is 2.36. The summed E-state index contributed by atoms with van der Waals surface area (Å²) in [7, 11) is 2.17. The number of hydrogen-bond acceptors (Lipinski definition) is 9. The van der Waals surface area contributed by atoms with Crippen molar-refractivity contribution in [3.05, 3.63) is 61.2 Å². The Labute approximate surface area is 213 Å². The number of nitriles is 1. The van der Waals surface area contributed by atoms with Gasteiger partial charge in [-0.25, -0.2) is 0 Å². The molecular formula is C23H19N3S6. The van der Waals surface area contributed by atoms with Crippen LogP contribution in [0.4, 0.5) is 5.69 Å². The number of nitrogens with zero attached hydrogens (tertiary/aromatic N) is 2. The van der Waals surface area contributed by atoms with Crippen molar-refractivity contribution in [2.45, 2.75) is 32.6 Å². The van der Waals surface area contributed by atoms with Gasteiger partial charge in [-0.2, -0.15) is 5.26 Å². The summed E-state index contributed by atoms with van der Waals surface area (Å²) in [6, 6.07) is 6.77. The second-order valence-corrected chi connectivity index (χ2v) is 14.8. The molecular weight excluding hydrogens is 511 g/mol. The lowest BCUT2D eigenvalue weighted by atomic mass is 10.1. The van der Waals surface area contributed by atoms with Crippen molar-refractivity contribution in [1.82, 2.24) is 0 Å². The topological polar surface area (TPSA) is 50.9 Å². The highest BCUT2D eigenvalue weighted by Crippen LogP contribution is 2.69. The van der Waals surface area contributed by atoms with Gasteiger partial charge < -0.3 is 10.3 Å². The summed E-state index contributed by atoms with van der Waals surface area (Å²) in [5, 5.41) is 18.3. The summed E-state index contributed by atoms with van der Waals surface area (Å²) in [6.45, 7) is 8.54. The van der Waals surface area contributed by atoms with Crippen LogP contribution in [0, 0.1) is 44.4 Å². The number of nitrogens with one attached hydrogen (secondary N) is 1. The van der Waals surface area contributed by atoms with Crippen molar-refractivity contribution in [1.29, 1.82) is 10.7 Å². The third-order valence-electron chi connectivity index (χ3n) is 5.67. The third-order valence-corrected chi connectivity index (χ3v) is 14.5. The molecule has 0 unspecified atom stereocenters. The van der Waals surface area contributed by atoms with Crippen molar-refractivity contribution in [3.63, 3.8) is 0 Å². The molecule has 0 atom stereocenters. The molecule has 0 saturated carbocycles. The van der Waals surface area contributed by atoms with E-state index >= 15 is 0 Å². The van der Waals surface area contributed by atoms with Gasteiger partial charge in [0.25, 0.3) is 0 Å². The monoisotopic (exact) mass is 529 g/mol. The zero-order valence-electron chi connectivity index (χ0n) is 18.1. The van der Waals surface area contributed by atoms with E-state index in [2.05, 4.69) is 57.8 Å². The SMILES string of the molecule is Cc1cc2c(cc1C)N(C)C(=C1SC3=C(S1)SC(=c1s/c(=C(\C#N)C=N)c(C)c1C)S3)S2. The van der Waals surface area contributed by atoms with Gasteiger partial charge in [0, 0.05) is 18.2 Å². The first-order valence-electron chi connectivity index (χ1n) is 9.80. The molecule has 3 aliphatic rings. The average Bonchev–Trinajstić information content (AvgIpc) is 3.48. The van der Waals surface area contributed by atoms with Gasteiger partial charge in [0.05, 0.1) is 37.3 Å². The van der Waals surface area contributed by atoms with Crippen LogP contribution in [0.5, 0.6) is 0 Å². The Kier molecular flexibility index (Phi) is 6.06. The molecule has 4 heterocycles. The average molecular weight is 530 g/mol. The number of thiophene rings is 1. The first-order valence-corrected chi connectivity index (χ1v) is 14.7. The molecule has 5 rings (SSSR count). The number of fused-ring (bicyclic) bond motifs is 1. The van der Waals surface area contributed by atoms with E-state index in [1.165, 1.54) is 60.0 Å². The van der Waals surface area contributed by atoms with Crippen LogP contribution in [0.15, 0.2) is 34.8 Å². The molecule has 3 aliphatic heterocycles. The van der Waals surface area contributed by atoms with E-state index in [1.807, 2.05) is 58.8 Å². The first-order chi connectivity index (χ1) is 15.3. The van der Waals surface area contributed by atoms with Crippen molar-refractivity contribution >= 4 is 91.9 Å². The first kappa shape index (κ1) is 22.6. The van der Waals surface area contributed by atoms with Gasteiger partial charge in [-0.05, 0) is 62.1 Å². The van der Waals surface area contributed by atoms with Crippen LogP contribution in [-0.4, -0.2) is 13.3 Å². The zero-order chi connectivity index (χ0) is 22.7. The fourth-order valence-electron chi connectivity index (χ4n) is 3.54. The van der Waals surface area contributed by atoms with Crippen LogP contribution < -0.4 is 14.0 Å². The van der Waals surface area contributed by atoms with E-state index in [0.717, 1.165) is 10.1 Å². The van der Waals surface area contributed by atoms with Gasteiger partial charge >= 0.3 is 0 Å². The Morgan fingerprint density at radius 3 is 2.16 bits per heavy atom. The minimum Gasteiger partial charge on any atom is -0.337 e. The molecule has 2 aromatic rings. The quantitative estimate of drug-likeness (QED) is 0.407. The minimum atomic E-state index is 0.443. The highest BCUT2D eigenvalue weighted by atomic mass is 32.3. The normalized spacial score (nSPS) is 18.4. The van der Waals surface area contributed by atoms with E-state index in [0.29, 0.717) is 5.57 Å². The number of aryl methyl sites for hydroxylation is 2. The van der Waals surface area contributed by atoms with Crippen molar-refractivity contribution < 1.29 is 0 Å². The number of rotatable bonds is 1. The molecule has 1 aromatic heterocycles. The maximum absolute atomic E-state index is 9.38. The number of anilines is 1. The molecule has 0 saturated heterocycles. The second kappa shape index (κ2) is 8.57. The lowest BCUT2D eigenvalue weighted by molar-refractivity contribution is 1.15. The second-order valence-electron chi connectivity index (χ2n) is 7.61. The van der Waals surface area contributed by atoms with Gasteiger partial charge in [-0.15, -0.1) is 11.3 Å². The predicted octanol–water partition coefficient (Wildman–Crippen LogP) is 6.83. The largest absolute Gasteiger partial charge is 0.337 e. The Morgan fingerprint density at radius 1 is 0.906 bits per heavy atom. The smallest absolute Gasteiger partial charge is 0.102 e. The lowest BCUT2D eigenvalue weighted by Crippen LogP contribution is -2.10. The molecule has 32 heavy (non-hydrogen) atoms. The van der Waals surface area contributed by atoms with Crippen LogP contribution in [0.25, 0.3) is 9.81 Å². The van der Waals surface area contributed by atoms with Gasteiger partial charge in [-0.3, -0.25) is 0 Å². The number of hydrogen-bond donors (Lipinski definition) is 1. The Balaban J connectivity index is 1.45. The van der Waals surface area contributed by atoms with Crippen molar-refractivity contribution in [3.8, 4) is 6.07 Å². The Bertz CT molecular complexity index is 1420. The molecule has 3 nitrogen and oxygen atoms in total. The van der Waals surface area contributed by atoms with E-state index in [1.54, 1.807) is 11.3 Å². The third kappa shape index (κ3) is 3.60. The summed E-state index contributed by atoms with van der Waals surface area (Å²) in [4.78, 5) is 3.67. The molecule has 0 radical (unpaired) electrons. The van der Waals surface area contributed by atoms with Crippen LogP contribution in [0.3, 0.4) is 0 Å². The maximum Gasteiger partial charge on any atom is 0.102 e. The van der Waals surface area contributed by atoms with E-state index in [4.69, 9.17) is 5.41 Å². The van der Waals surface area contributed by atoms with E-state index in [9.17, 15) is 5.26 Å². The molecule has 0 aliphatic carbocycles. The Morgan fingerprint density at radius 2 is 1.53 bits per heavy atom. The van der Waals surface area contributed by atoms with E-state index in [-0.39, 0.29) is 0 Å².